The zero-order valence-corrected chi connectivity index (χ0v) is 32.9. The van der Waals surface area contributed by atoms with E-state index in [1.807, 2.05) is 67.0 Å². The molecule has 5 N–H and O–H groups in total. The molecule has 1 spiro atoms. The summed E-state index contributed by atoms with van der Waals surface area (Å²) in [6.07, 6.45) is 2.21. The van der Waals surface area contributed by atoms with E-state index in [-0.39, 0.29) is 41.9 Å². The highest BCUT2D eigenvalue weighted by Crippen LogP contribution is 2.62. The summed E-state index contributed by atoms with van der Waals surface area (Å²) in [4.78, 5) is 72.6. The fourth-order valence-electron chi connectivity index (χ4n) is 9.93. The van der Waals surface area contributed by atoms with E-state index in [0.29, 0.717) is 11.8 Å². The number of aromatic amines is 2. The number of likely N-dealkylation sites (tertiary alicyclic amines) is 1. The van der Waals surface area contributed by atoms with E-state index in [1.54, 1.807) is 0 Å². The number of carbonyl (C=O) groups is 4. The highest BCUT2D eigenvalue weighted by Gasteiger charge is 2.71. The molecule has 15 heteroatoms. The number of nitrogens with zero attached hydrogens (tertiary/aromatic N) is 4. The van der Waals surface area contributed by atoms with Gasteiger partial charge in [0.25, 0.3) is 0 Å². The molecule has 10 rings (SSSR count). The van der Waals surface area contributed by atoms with Gasteiger partial charge in [-0.05, 0) is 86.2 Å². The lowest BCUT2D eigenvalue weighted by Gasteiger charge is -2.44. The fraction of sp³-hybridized carbons (Fsp3) is 0.442. The summed E-state index contributed by atoms with van der Waals surface area (Å²) in [5, 5.41) is 11.1. The van der Waals surface area contributed by atoms with Crippen molar-refractivity contribution in [3.63, 3.8) is 0 Å². The van der Waals surface area contributed by atoms with Crippen LogP contribution in [0.1, 0.15) is 81.3 Å². The Bertz CT molecular complexity index is 2620. The van der Waals surface area contributed by atoms with Gasteiger partial charge in [-0.3, -0.25) is 14.9 Å². The average Bonchev–Trinajstić information content (AvgIpc) is 3.79. The molecule has 298 valence electrons. The number of amides is 4. The second kappa shape index (κ2) is 13.2. The molecular weight excluding hydrogens is 739 g/mol. The molecule has 9 atom stereocenters. The van der Waals surface area contributed by atoms with E-state index in [4.69, 9.17) is 19.4 Å². The number of ether oxygens (including phenoxy) is 2. The number of aromatic nitrogens is 4. The summed E-state index contributed by atoms with van der Waals surface area (Å²) in [6, 6.07) is 14.1. The van der Waals surface area contributed by atoms with Crippen molar-refractivity contribution in [2.45, 2.75) is 88.4 Å². The molecule has 4 amide bonds. The SMILES string of the molecule is COC(=O)N[C@H](C(=O)N1[C@@H]2C[C@@H]2C[C@H]1c1nc2c(ccc3cc(C#Cc4ccc5nc([C@@H]6C[C@H]7C[C@]78NC(C)[C@H](NC(=O)OC)C(=O)N68)[nH]c5c4)ccc32)[nH]1)C(C)C. The summed E-state index contributed by atoms with van der Waals surface area (Å²) in [5.41, 5.74) is 4.63. The molecule has 0 radical (unpaired) electrons. The van der Waals surface area contributed by atoms with Crippen LogP contribution in [0, 0.1) is 29.6 Å². The van der Waals surface area contributed by atoms with Crippen LogP contribution in [0.4, 0.5) is 9.59 Å². The molecule has 3 saturated heterocycles. The van der Waals surface area contributed by atoms with Crippen molar-refractivity contribution in [2.75, 3.05) is 14.2 Å². The molecule has 3 aromatic carbocycles. The fourth-order valence-corrected chi connectivity index (χ4v) is 9.93. The van der Waals surface area contributed by atoms with Gasteiger partial charge in [-0.25, -0.2) is 19.6 Å². The van der Waals surface area contributed by atoms with Crippen LogP contribution in [0.2, 0.25) is 0 Å². The molecule has 5 heterocycles. The van der Waals surface area contributed by atoms with Gasteiger partial charge in [-0.1, -0.05) is 37.8 Å². The van der Waals surface area contributed by atoms with Crippen molar-refractivity contribution in [1.29, 1.82) is 0 Å². The molecule has 2 aromatic heterocycles. The third-order valence-electron chi connectivity index (χ3n) is 13.0. The molecular formula is C43H45N9O6. The lowest BCUT2D eigenvalue weighted by atomic mass is 10.0. The lowest BCUT2D eigenvalue weighted by Crippen LogP contribution is -2.69. The Balaban J connectivity index is 0.879. The molecule has 5 fully saturated rings. The molecule has 1 unspecified atom stereocenters. The van der Waals surface area contributed by atoms with Gasteiger partial charge in [-0.2, -0.15) is 0 Å². The normalized spacial score (nSPS) is 28.4. The zero-order valence-electron chi connectivity index (χ0n) is 32.9. The number of hydrogen-bond donors (Lipinski definition) is 5. The highest BCUT2D eigenvalue weighted by molar-refractivity contribution is 6.04. The standard InChI is InChI=1S/C43H45N9O6/c1-20(2)34(48-41(55)57-4)39(53)51-31-16-25(31)17-32(51)37-45-29-13-10-24-14-22(8-11-27(24)36(29)47-37)6-7-23-9-12-28-30(15-23)46-38(44-28)33-18-26-19-43(26)50-21(3)35(40(54)52(33)43)49-42(56)58-5/h8-15,20-21,25-26,31-35,50H,16-19H2,1-5H3,(H,44,46)(H,45,47)(H,48,55)(H,49,56)/t21?,25-,26+,31-,32+,33+,34+,35+,43-/m1/s1. The van der Waals surface area contributed by atoms with Crippen LogP contribution in [0.3, 0.4) is 0 Å². The molecule has 58 heavy (non-hydrogen) atoms. The van der Waals surface area contributed by atoms with Gasteiger partial charge < -0.3 is 39.9 Å². The third kappa shape index (κ3) is 5.75. The van der Waals surface area contributed by atoms with E-state index in [0.717, 1.165) is 81.3 Å². The molecule has 5 aromatic rings. The Morgan fingerprint density at radius 1 is 0.897 bits per heavy atom. The number of H-pyrrole nitrogens is 2. The minimum atomic E-state index is -0.739. The predicted octanol–water partition coefficient (Wildman–Crippen LogP) is 4.74. The number of hydrogen-bond acceptors (Lipinski definition) is 9. The molecule has 15 nitrogen and oxygen atoms in total. The van der Waals surface area contributed by atoms with Crippen molar-refractivity contribution in [2.24, 2.45) is 17.8 Å². The number of nitrogens with one attached hydrogen (secondary N) is 5. The molecule has 2 saturated carbocycles. The number of alkyl carbamates (subject to hydrolysis) is 2. The van der Waals surface area contributed by atoms with Crippen molar-refractivity contribution >= 4 is 56.8 Å². The Morgan fingerprint density at radius 3 is 2.41 bits per heavy atom. The van der Waals surface area contributed by atoms with Gasteiger partial charge in [-0.15, -0.1) is 0 Å². The average molecular weight is 784 g/mol. The maximum atomic E-state index is 13.9. The van der Waals surface area contributed by atoms with Crippen molar-refractivity contribution < 1.29 is 28.7 Å². The molecule has 0 bridgehead atoms. The largest absolute Gasteiger partial charge is 0.453 e. The Kier molecular flexibility index (Phi) is 8.24. The quantitative estimate of drug-likeness (QED) is 0.152. The number of rotatable bonds is 6. The zero-order chi connectivity index (χ0) is 40.2. The van der Waals surface area contributed by atoms with Gasteiger partial charge in [0.2, 0.25) is 11.8 Å². The maximum absolute atomic E-state index is 13.9. The van der Waals surface area contributed by atoms with Crippen LogP contribution in [0.5, 0.6) is 0 Å². The Hall–Kier alpha value is -6.14. The molecule has 3 aliphatic heterocycles. The number of benzene rings is 3. The van der Waals surface area contributed by atoms with Crippen LogP contribution in [-0.2, 0) is 19.1 Å². The first-order valence-corrected chi connectivity index (χ1v) is 20.0. The summed E-state index contributed by atoms with van der Waals surface area (Å²) in [5.74, 6) is 8.52. The van der Waals surface area contributed by atoms with Gasteiger partial charge in [0, 0.05) is 34.5 Å². The first kappa shape index (κ1) is 36.2. The number of fused-ring (bicyclic) bond motifs is 5. The second-order valence-electron chi connectivity index (χ2n) is 16.9. The predicted molar refractivity (Wildman–Crippen MR) is 213 cm³/mol. The van der Waals surface area contributed by atoms with Gasteiger partial charge in [0.1, 0.15) is 23.7 Å². The number of piperidine rings is 2. The topological polar surface area (TPSA) is 187 Å². The number of carbonyl (C=O) groups excluding carboxylic acids is 4. The van der Waals surface area contributed by atoms with Gasteiger partial charge >= 0.3 is 12.2 Å². The number of imidazole rings is 2. The van der Waals surface area contributed by atoms with Crippen LogP contribution < -0.4 is 16.0 Å². The first-order chi connectivity index (χ1) is 28.0. The summed E-state index contributed by atoms with van der Waals surface area (Å²) in [7, 11) is 2.59. The van der Waals surface area contributed by atoms with Crippen LogP contribution in [0.25, 0.3) is 32.8 Å². The lowest BCUT2D eigenvalue weighted by molar-refractivity contribution is -0.144. The van der Waals surface area contributed by atoms with E-state index >= 15 is 0 Å². The summed E-state index contributed by atoms with van der Waals surface area (Å²) in [6.45, 7) is 5.75. The summed E-state index contributed by atoms with van der Waals surface area (Å²) >= 11 is 0. The van der Waals surface area contributed by atoms with E-state index in [1.165, 1.54) is 14.2 Å². The second-order valence-corrected chi connectivity index (χ2v) is 16.9. The third-order valence-corrected chi connectivity index (χ3v) is 13.0. The van der Waals surface area contributed by atoms with E-state index < -0.39 is 29.9 Å². The van der Waals surface area contributed by atoms with Gasteiger partial charge in [0.05, 0.1) is 54.0 Å². The highest BCUT2D eigenvalue weighted by atomic mass is 16.5. The van der Waals surface area contributed by atoms with Crippen LogP contribution in [0.15, 0.2) is 48.5 Å². The first-order valence-electron chi connectivity index (χ1n) is 20.0. The number of methoxy groups -OCH3 is 2. The summed E-state index contributed by atoms with van der Waals surface area (Å²) < 4.78 is 9.60. The van der Waals surface area contributed by atoms with Crippen molar-refractivity contribution in [3.8, 4) is 11.8 Å². The van der Waals surface area contributed by atoms with Crippen LogP contribution in [-0.4, -0.2) is 97.8 Å². The van der Waals surface area contributed by atoms with Crippen molar-refractivity contribution in [3.05, 3.63) is 71.3 Å². The minimum Gasteiger partial charge on any atom is -0.453 e. The monoisotopic (exact) mass is 783 g/mol. The van der Waals surface area contributed by atoms with E-state index in [2.05, 4.69) is 49.9 Å². The Morgan fingerprint density at radius 2 is 1.64 bits per heavy atom. The maximum Gasteiger partial charge on any atom is 0.407 e. The van der Waals surface area contributed by atoms with Crippen LogP contribution >= 0.6 is 0 Å². The van der Waals surface area contributed by atoms with E-state index in [9.17, 15) is 19.2 Å². The molecule has 2 aliphatic carbocycles. The minimum absolute atomic E-state index is 0.107. The molecule has 5 aliphatic rings. The van der Waals surface area contributed by atoms with Gasteiger partial charge in [0.15, 0.2) is 0 Å². The van der Waals surface area contributed by atoms with Crippen molar-refractivity contribution in [1.82, 2.24) is 45.7 Å². The Labute approximate surface area is 334 Å². The smallest absolute Gasteiger partial charge is 0.407 e.